The van der Waals surface area contributed by atoms with Crippen LogP contribution in [-0.2, 0) is 9.59 Å². The van der Waals surface area contributed by atoms with Crippen molar-refractivity contribution in [3.8, 4) is 0 Å². The van der Waals surface area contributed by atoms with E-state index in [0.29, 0.717) is 0 Å². The maximum absolute atomic E-state index is 10.7. The smallest absolute Gasteiger partial charge is 0.362 e. The lowest BCUT2D eigenvalue weighted by Crippen LogP contribution is -2.30. The summed E-state index contributed by atoms with van der Waals surface area (Å²) < 4.78 is 64.2. The van der Waals surface area contributed by atoms with Gasteiger partial charge in [0.05, 0.1) is 0 Å². The van der Waals surface area contributed by atoms with E-state index in [0.717, 1.165) is 0 Å². The Balaban J connectivity index is 0. The van der Waals surface area contributed by atoms with Gasteiger partial charge in [-0.25, -0.2) is 0 Å². The summed E-state index contributed by atoms with van der Waals surface area (Å²) >= 11 is 0. The van der Waals surface area contributed by atoms with Crippen LogP contribution in [0.4, 0.5) is 26.3 Å². The van der Waals surface area contributed by atoms with E-state index in [-0.39, 0.29) is 0 Å². The van der Waals surface area contributed by atoms with Crippen molar-refractivity contribution in [3.63, 3.8) is 0 Å². The summed E-state index contributed by atoms with van der Waals surface area (Å²) in [5.74, 6) is -4.51. The average Bonchev–Trinajstić information content (AvgIpc) is 1.83. The predicted molar refractivity (Wildman–Crippen MR) is 30.5 cm³/mol. The van der Waals surface area contributed by atoms with Crippen molar-refractivity contribution in [2.75, 3.05) is 0 Å². The zero-order valence-electron chi connectivity index (χ0n) is 6.24. The first kappa shape index (κ1) is 15.0. The van der Waals surface area contributed by atoms with E-state index < -0.39 is 24.2 Å². The highest BCUT2D eigenvalue weighted by atomic mass is 19.4. The summed E-state index contributed by atoms with van der Waals surface area (Å²) in [6.45, 7) is 0. The molecule has 0 aliphatic carbocycles. The Morgan fingerprint density at radius 2 is 0.786 bits per heavy atom. The van der Waals surface area contributed by atoms with Crippen LogP contribution in [0.25, 0.3) is 0 Å². The molecule has 10 heteroatoms. The standard InChI is InChI=1S/2C2H2F3NO/c2*3-2(4,5)1(6)7/h2*(H2,6,7). The van der Waals surface area contributed by atoms with Gasteiger partial charge in [-0.05, 0) is 0 Å². The quantitative estimate of drug-likeness (QED) is 0.572. The van der Waals surface area contributed by atoms with E-state index in [4.69, 9.17) is 9.59 Å². The first-order valence-electron chi connectivity index (χ1n) is 2.62. The van der Waals surface area contributed by atoms with E-state index in [9.17, 15) is 26.3 Å². The SMILES string of the molecule is NC(=O)C(F)(F)F.NC(=O)C(F)(F)F. The topological polar surface area (TPSA) is 86.2 Å². The van der Waals surface area contributed by atoms with Gasteiger partial charge in [0.1, 0.15) is 0 Å². The third-order valence-electron chi connectivity index (χ3n) is 0.559. The molecule has 0 fully saturated rings. The third-order valence-corrected chi connectivity index (χ3v) is 0.559. The van der Waals surface area contributed by atoms with E-state index in [1.165, 1.54) is 0 Å². The molecule has 0 saturated heterocycles. The molecule has 84 valence electrons. The second-order valence-electron chi connectivity index (χ2n) is 1.72. The zero-order valence-corrected chi connectivity index (χ0v) is 6.24. The van der Waals surface area contributed by atoms with Gasteiger partial charge in [0.2, 0.25) is 0 Å². The van der Waals surface area contributed by atoms with E-state index in [2.05, 4.69) is 11.5 Å². The van der Waals surface area contributed by atoms with Gasteiger partial charge in [0.25, 0.3) is 0 Å². The van der Waals surface area contributed by atoms with Crippen molar-refractivity contribution in [1.82, 2.24) is 0 Å². The zero-order chi connectivity index (χ0) is 12.2. The number of hydrogen-bond acceptors (Lipinski definition) is 2. The second kappa shape index (κ2) is 4.67. The van der Waals surface area contributed by atoms with Crippen molar-refractivity contribution < 1.29 is 35.9 Å². The lowest BCUT2D eigenvalue weighted by molar-refractivity contribution is -0.169. The predicted octanol–water partition coefficient (Wildman–Crippen LogP) is 0.0680. The molecule has 4 nitrogen and oxygen atoms in total. The molecule has 0 radical (unpaired) electrons. The van der Waals surface area contributed by atoms with Gasteiger partial charge in [-0.2, -0.15) is 26.3 Å². The largest absolute Gasteiger partial charge is 0.470 e. The summed E-state index contributed by atoms with van der Waals surface area (Å²) in [5.41, 5.74) is 7.61. The fourth-order valence-electron chi connectivity index (χ4n) is 0. The molecule has 0 aliphatic rings. The van der Waals surface area contributed by atoms with Gasteiger partial charge in [0, 0.05) is 0 Å². The highest BCUT2D eigenvalue weighted by Crippen LogP contribution is 2.12. The van der Waals surface area contributed by atoms with Crippen molar-refractivity contribution in [2.45, 2.75) is 12.4 Å². The summed E-state index contributed by atoms with van der Waals surface area (Å²) in [4.78, 5) is 18.2. The van der Waals surface area contributed by atoms with Gasteiger partial charge in [-0.15, -0.1) is 0 Å². The molecule has 0 aromatic carbocycles. The highest BCUT2D eigenvalue weighted by Gasteiger charge is 2.36. The minimum absolute atomic E-state index is 2.26. The first-order valence-corrected chi connectivity index (χ1v) is 2.62. The monoisotopic (exact) mass is 226 g/mol. The second-order valence-corrected chi connectivity index (χ2v) is 1.72. The van der Waals surface area contributed by atoms with Crippen molar-refractivity contribution in [2.24, 2.45) is 11.5 Å². The fraction of sp³-hybridized carbons (Fsp3) is 0.500. The number of halogens is 6. The molecule has 4 N–H and O–H groups in total. The Morgan fingerprint density at radius 3 is 0.786 bits per heavy atom. The minimum Gasteiger partial charge on any atom is -0.362 e. The number of rotatable bonds is 0. The number of amides is 2. The molecular formula is C4H4F6N2O2. The number of carbonyl (C=O) groups excluding carboxylic acids is 2. The molecule has 2 amide bonds. The van der Waals surface area contributed by atoms with Crippen LogP contribution in [0, 0.1) is 0 Å². The molecule has 0 aliphatic heterocycles. The van der Waals surface area contributed by atoms with Crippen LogP contribution in [0.2, 0.25) is 0 Å². The summed E-state index contributed by atoms with van der Waals surface area (Å²) in [5, 5.41) is 0. The van der Waals surface area contributed by atoms with E-state index in [1.54, 1.807) is 0 Å². The van der Waals surface area contributed by atoms with Crippen LogP contribution in [0.15, 0.2) is 0 Å². The average molecular weight is 226 g/mol. The number of hydrogen-bond donors (Lipinski definition) is 2. The van der Waals surface area contributed by atoms with Crippen molar-refractivity contribution >= 4 is 11.8 Å². The van der Waals surface area contributed by atoms with Crippen LogP contribution in [0.5, 0.6) is 0 Å². The van der Waals surface area contributed by atoms with Gasteiger partial charge in [0.15, 0.2) is 0 Å². The van der Waals surface area contributed by atoms with Gasteiger partial charge in [-0.1, -0.05) is 0 Å². The maximum Gasteiger partial charge on any atom is 0.470 e. The summed E-state index contributed by atoms with van der Waals surface area (Å²) in [7, 11) is 0. The van der Waals surface area contributed by atoms with E-state index in [1.807, 2.05) is 0 Å². The molecule has 0 saturated carbocycles. The molecule has 0 spiro atoms. The van der Waals surface area contributed by atoms with Crippen LogP contribution < -0.4 is 11.5 Å². The van der Waals surface area contributed by atoms with Crippen LogP contribution >= 0.6 is 0 Å². The Kier molecular flexibility index (Phi) is 5.01. The number of nitrogens with two attached hydrogens (primary N) is 2. The lowest BCUT2D eigenvalue weighted by atomic mass is 10.6. The third kappa shape index (κ3) is 8.62. The van der Waals surface area contributed by atoms with Crippen LogP contribution in [0.1, 0.15) is 0 Å². The molecule has 0 aromatic heterocycles. The normalized spacial score (nSPS) is 11.3. The molecule has 0 rings (SSSR count). The summed E-state index contributed by atoms with van der Waals surface area (Å²) in [6, 6.07) is 0. The molecule has 0 unspecified atom stereocenters. The van der Waals surface area contributed by atoms with Crippen LogP contribution in [0.3, 0.4) is 0 Å². The first-order chi connectivity index (χ1) is 5.89. The van der Waals surface area contributed by atoms with Crippen molar-refractivity contribution in [3.05, 3.63) is 0 Å². The van der Waals surface area contributed by atoms with Gasteiger partial charge < -0.3 is 11.5 Å². The van der Waals surface area contributed by atoms with E-state index >= 15 is 0 Å². The Morgan fingerprint density at radius 1 is 0.714 bits per heavy atom. The molecule has 0 heterocycles. The summed E-state index contributed by atoms with van der Waals surface area (Å²) in [6.07, 6.45) is -9.72. The lowest BCUT2D eigenvalue weighted by Gasteiger charge is -1.95. The Labute approximate surface area is 72.8 Å². The molecule has 0 atom stereocenters. The number of primary amides is 2. The molecule has 0 aromatic rings. The van der Waals surface area contributed by atoms with Gasteiger partial charge >= 0.3 is 24.2 Å². The maximum atomic E-state index is 10.7. The Hall–Kier alpha value is -1.48. The highest BCUT2D eigenvalue weighted by molar-refractivity contribution is 5.79. The Bertz CT molecular complexity index is 195. The minimum atomic E-state index is -4.86. The van der Waals surface area contributed by atoms with Crippen molar-refractivity contribution in [1.29, 1.82) is 0 Å². The van der Waals surface area contributed by atoms with Crippen LogP contribution in [-0.4, -0.2) is 24.2 Å². The number of carbonyl (C=O) groups is 2. The molecular weight excluding hydrogens is 222 g/mol. The molecule has 14 heavy (non-hydrogen) atoms. The molecule has 0 bridgehead atoms. The number of alkyl halides is 6. The van der Waals surface area contributed by atoms with Gasteiger partial charge in [-0.3, -0.25) is 9.59 Å². The fourth-order valence-corrected chi connectivity index (χ4v) is 0.